The topological polar surface area (TPSA) is 30.9 Å². The average molecular weight is 368 g/mol. The van der Waals surface area contributed by atoms with E-state index in [1.54, 1.807) is 7.11 Å². The van der Waals surface area contributed by atoms with Crippen molar-refractivity contribution in [1.82, 2.24) is 4.90 Å². The van der Waals surface area contributed by atoms with Crippen LogP contribution < -0.4 is 0 Å². The van der Waals surface area contributed by atoms with Gasteiger partial charge in [0.25, 0.3) is 0 Å². The molecule has 4 nitrogen and oxygen atoms in total. The van der Waals surface area contributed by atoms with Crippen LogP contribution in [0.2, 0.25) is 0 Å². The van der Waals surface area contributed by atoms with Gasteiger partial charge in [0.2, 0.25) is 0 Å². The Balaban J connectivity index is 1.76. The molecule has 1 saturated carbocycles. The van der Waals surface area contributed by atoms with Crippen LogP contribution in [0.4, 0.5) is 0 Å². The van der Waals surface area contributed by atoms with Crippen LogP contribution in [0.15, 0.2) is 12.2 Å². The molecule has 0 aromatic heterocycles. The van der Waals surface area contributed by atoms with Crippen LogP contribution in [0.25, 0.3) is 0 Å². The van der Waals surface area contributed by atoms with Crippen molar-refractivity contribution in [3.63, 3.8) is 0 Å². The van der Waals surface area contributed by atoms with Crippen LogP contribution in [-0.4, -0.2) is 56.7 Å². The largest absolute Gasteiger partial charge is 0.385 e. The third kappa shape index (κ3) is 6.63. The molecule has 26 heavy (non-hydrogen) atoms. The second-order valence-corrected chi connectivity index (χ2v) is 9.47. The quantitative estimate of drug-likeness (QED) is 0.439. The second kappa shape index (κ2) is 9.68. The molecule has 1 heterocycles. The first-order chi connectivity index (χ1) is 12.2. The molecule has 1 spiro atoms. The third-order valence-corrected chi connectivity index (χ3v) is 5.97. The number of nitrogens with zero attached hydrogens (tertiary/aromatic N) is 1. The molecule has 0 bridgehead atoms. The SMILES string of the molecule is C=C(C)CN(CCCOC)CCC1COC2(CCC(C(C)(C)C)CC2)O1. The Bertz CT molecular complexity index is 435. The van der Waals surface area contributed by atoms with Crippen molar-refractivity contribution in [1.29, 1.82) is 0 Å². The molecule has 1 atom stereocenters. The summed E-state index contributed by atoms with van der Waals surface area (Å²) in [5.74, 6) is 0.494. The Morgan fingerprint density at radius 1 is 1.23 bits per heavy atom. The van der Waals surface area contributed by atoms with Gasteiger partial charge in [-0.2, -0.15) is 0 Å². The molecule has 152 valence electrons. The minimum absolute atomic E-state index is 0.233. The van der Waals surface area contributed by atoms with Gasteiger partial charge in [0.15, 0.2) is 5.79 Å². The molecular weight excluding hydrogens is 326 g/mol. The highest BCUT2D eigenvalue weighted by atomic mass is 16.7. The molecule has 0 amide bonds. The zero-order valence-electron chi connectivity index (χ0n) is 17.8. The Morgan fingerprint density at radius 3 is 2.50 bits per heavy atom. The second-order valence-electron chi connectivity index (χ2n) is 9.47. The van der Waals surface area contributed by atoms with Gasteiger partial charge in [-0.1, -0.05) is 32.9 Å². The Kier molecular flexibility index (Phi) is 8.14. The first-order valence-corrected chi connectivity index (χ1v) is 10.4. The normalized spacial score (nSPS) is 29.6. The summed E-state index contributed by atoms with van der Waals surface area (Å²) < 4.78 is 17.8. The van der Waals surface area contributed by atoms with Crippen LogP contribution in [0.5, 0.6) is 0 Å². The third-order valence-electron chi connectivity index (χ3n) is 5.97. The van der Waals surface area contributed by atoms with Crippen LogP contribution in [0.3, 0.4) is 0 Å². The maximum atomic E-state index is 6.44. The monoisotopic (exact) mass is 367 g/mol. The molecule has 2 fully saturated rings. The maximum Gasteiger partial charge on any atom is 0.168 e. The summed E-state index contributed by atoms with van der Waals surface area (Å²) in [6, 6.07) is 0. The molecule has 0 aromatic carbocycles. The van der Waals surface area contributed by atoms with Crippen LogP contribution >= 0.6 is 0 Å². The summed E-state index contributed by atoms with van der Waals surface area (Å²) >= 11 is 0. The number of ether oxygens (including phenoxy) is 3. The van der Waals surface area contributed by atoms with E-state index in [1.807, 2.05) is 0 Å². The molecule has 4 heteroatoms. The highest BCUT2D eigenvalue weighted by Gasteiger charge is 2.45. The van der Waals surface area contributed by atoms with Gasteiger partial charge in [0.1, 0.15) is 0 Å². The van der Waals surface area contributed by atoms with Gasteiger partial charge in [0.05, 0.1) is 12.7 Å². The van der Waals surface area contributed by atoms with E-state index >= 15 is 0 Å². The Morgan fingerprint density at radius 2 is 1.92 bits per heavy atom. The zero-order chi connectivity index (χ0) is 19.2. The lowest BCUT2D eigenvalue weighted by Gasteiger charge is -2.41. The van der Waals surface area contributed by atoms with Crippen LogP contribution in [0.1, 0.15) is 66.2 Å². The van der Waals surface area contributed by atoms with Gasteiger partial charge in [0, 0.05) is 46.2 Å². The van der Waals surface area contributed by atoms with Gasteiger partial charge in [-0.15, -0.1) is 0 Å². The van der Waals surface area contributed by atoms with Gasteiger partial charge in [-0.25, -0.2) is 0 Å². The van der Waals surface area contributed by atoms with Crippen molar-refractivity contribution in [3.8, 4) is 0 Å². The van der Waals surface area contributed by atoms with Crippen LogP contribution in [-0.2, 0) is 14.2 Å². The molecule has 1 aliphatic carbocycles. The highest BCUT2D eigenvalue weighted by Crippen LogP contribution is 2.45. The summed E-state index contributed by atoms with van der Waals surface area (Å²) in [6.45, 7) is 17.8. The number of rotatable bonds is 9. The Labute approximate surface area is 161 Å². The van der Waals surface area contributed by atoms with Crippen molar-refractivity contribution < 1.29 is 14.2 Å². The minimum Gasteiger partial charge on any atom is -0.385 e. The van der Waals surface area contributed by atoms with Crippen molar-refractivity contribution >= 4 is 0 Å². The van der Waals surface area contributed by atoms with E-state index in [-0.39, 0.29) is 11.9 Å². The molecule has 0 aromatic rings. The number of methoxy groups -OCH3 is 1. The average Bonchev–Trinajstić information content (AvgIpc) is 2.94. The summed E-state index contributed by atoms with van der Waals surface area (Å²) in [5, 5.41) is 0. The van der Waals surface area contributed by atoms with Crippen molar-refractivity contribution in [2.45, 2.75) is 78.1 Å². The van der Waals surface area contributed by atoms with Gasteiger partial charge >= 0.3 is 0 Å². The summed E-state index contributed by atoms with van der Waals surface area (Å²) in [5.41, 5.74) is 1.60. The smallest absolute Gasteiger partial charge is 0.168 e. The first kappa shape index (κ1) is 21.9. The van der Waals surface area contributed by atoms with Gasteiger partial charge in [-0.05, 0) is 43.9 Å². The zero-order valence-corrected chi connectivity index (χ0v) is 17.8. The summed E-state index contributed by atoms with van der Waals surface area (Å²) in [4.78, 5) is 2.46. The van der Waals surface area contributed by atoms with E-state index in [0.717, 1.165) is 64.4 Å². The maximum absolute atomic E-state index is 6.44. The van der Waals surface area contributed by atoms with Crippen molar-refractivity contribution in [3.05, 3.63) is 12.2 Å². The van der Waals surface area contributed by atoms with E-state index in [9.17, 15) is 0 Å². The molecule has 0 N–H and O–H groups in total. The fourth-order valence-corrected chi connectivity index (χ4v) is 4.36. The fraction of sp³-hybridized carbons (Fsp3) is 0.909. The molecule has 2 aliphatic rings. The van der Waals surface area contributed by atoms with E-state index in [0.29, 0.717) is 5.41 Å². The highest BCUT2D eigenvalue weighted by molar-refractivity contribution is 4.92. The first-order valence-electron chi connectivity index (χ1n) is 10.4. The van der Waals surface area contributed by atoms with E-state index in [2.05, 4.69) is 39.2 Å². The predicted octanol–water partition coefficient (Wildman–Crippen LogP) is 4.64. The lowest BCUT2D eigenvalue weighted by Crippen LogP contribution is -2.39. The van der Waals surface area contributed by atoms with Gasteiger partial charge < -0.3 is 14.2 Å². The number of hydrogen-bond donors (Lipinski definition) is 0. The predicted molar refractivity (Wildman–Crippen MR) is 107 cm³/mol. The molecule has 1 aliphatic heterocycles. The van der Waals surface area contributed by atoms with Crippen molar-refractivity contribution in [2.75, 3.05) is 40.0 Å². The lowest BCUT2D eigenvalue weighted by molar-refractivity contribution is -0.197. The molecule has 1 saturated heterocycles. The lowest BCUT2D eigenvalue weighted by atomic mass is 9.71. The summed E-state index contributed by atoms with van der Waals surface area (Å²) in [6.07, 6.45) is 6.86. The Hall–Kier alpha value is -0.420. The van der Waals surface area contributed by atoms with Crippen molar-refractivity contribution in [2.24, 2.45) is 11.3 Å². The molecule has 0 radical (unpaired) electrons. The minimum atomic E-state index is -0.290. The molecule has 1 unspecified atom stereocenters. The fourth-order valence-electron chi connectivity index (χ4n) is 4.36. The molecular formula is C22H41NO3. The molecule has 2 rings (SSSR count). The van der Waals surface area contributed by atoms with Gasteiger partial charge in [-0.3, -0.25) is 4.90 Å². The number of hydrogen-bond acceptors (Lipinski definition) is 4. The van der Waals surface area contributed by atoms with E-state index in [4.69, 9.17) is 14.2 Å². The van der Waals surface area contributed by atoms with E-state index in [1.165, 1.54) is 18.4 Å². The van der Waals surface area contributed by atoms with E-state index < -0.39 is 0 Å². The standard InChI is InChI=1S/C22H41NO3/c1-18(2)16-23(13-7-15-24-6)14-10-20-17-25-22(26-20)11-8-19(9-12-22)21(3,4)5/h19-20H,1,7-17H2,2-6H3. The summed E-state index contributed by atoms with van der Waals surface area (Å²) in [7, 11) is 1.76. The van der Waals surface area contributed by atoms with Crippen LogP contribution in [0, 0.1) is 11.3 Å².